The van der Waals surface area contributed by atoms with E-state index < -0.39 is 37.3 Å². The second-order valence-electron chi connectivity index (χ2n) is 27.0. The number of fused-ring (bicyclic) bond motifs is 5. The van der Waals surface area contributed by atoms with E-state index in [1.165, 1.54) is 24.2 Å². The summed E-state index contributed by atoms with van der Waals surface area (Å²) in [5.41, 5.74) is 6.57. The average molecular weight is 1230 g/mol. The van der Waals surface area contributed by atoms with Crippen molar-refractivity contribution in [1.82, 2.24) is 39.2 Å². The van der Waals surface area contributed by atoms with E-state index in [2.05, 4.69) is 73.0 Å². The van der Waals surface area contributed by atoms with Gasteiger partial charge in [-0.05, 0) is 155 Å². The van der Waals surface area contributed by atoms with Gasteiger partial charge in [-0.25, -0.2) is 18.4 Å². The smallest absolute Gasteiger partial charge is 0.410 e. The molecule has 18 nitrogen and oxygen atoms in total. The Morgan fingerprint density at radius 1 is 0.818 bits per heavy atom. The van der Waals surface area contributed by atoms with Crippen LogP contribution in [-0.4, -0.2) is 144 Å². The number of aromatic nitrogens is 5. The first-order valence-electron chi connectivity index (χ1n) is 31.7. The molecule has 11 rings (SSSR count). The molecule has 470 valence electrons. The van der Waals surface area contributed by atoms with Gasteiger partial charge in [0.1, 0.15) is 54.9 Å². The normalized spacial score (nSPS) is 20.0. The number of carbonyl (C=O) groups excluding carboxylic acids is 3. The van der Waals surface area contributed by atoms with Crippen molar-refractivity contribution in [3.05, 3.63) is 76.3 Å². The predicted octanol–water partition coefficient (Wildman–Crippen LogP) is 11.3. The van der Waals surface area contributed by atoms with Crippen molar-refractivity contribution in [3.8, 4) is 34.5 Å². The number of likely N-dealkylation sites (tertiary alicyclic amines) is 1. The number of imide groups is 1. The van der Waals surface area contributed by atoms with E-state index in [1.54, 1.807) is 36.0 Å². The molecule has 3 amide bonds. The Morgan fingerprint density at radius 3 is 2.15 bits per heavy atom. The lowest BCUT2D eigenvalue weighted by molar-refractivity contribution is -0.135. The number of piperidine rings is 3. The molecule has 0 saturated carbocycles. The summed E-state index contributed by atoms with van der Waals surface area (Å²) in [6, 6.07) is 11.5. The summed E-state index contributed by atoms with van der Waals surface area (Å²) in [6.45, 7) is 24.2. The van der Waals surface area contributed by atoms with Gasteiger partial charge in [0, 0.05) is 76.1 Å². The van der Waals surface area contributed by atoms with Crippen LogP contribution in [0.2, 0.25) is 16.6 Å². The van der Waals surface area contributed by atoms with Crippen LogP contribution in [0.5, 0.6) is 11.8 Å². The van der Waals surface area contributed by atoms with Gasteiger partial charge in [0.2, 0.25) is 11.8 Å². The lowest BCUT2D eigenvalue weighted by Crippen LogP contribution is -2.57. The molecule has 0 spiro atoms. The first-order chi connectivity index (χ1) is 42.0. The largest absolute Gasteiger partial charge is 0.468 e. The zero-order valence-corrected chi connectivity index (χ0v) is 54.0. The van der Waals surface area contributed by atoms with Gasteiger partial charge in [0.05, 0.1) is 34.1 Å². The molecule has 3 aromatic carbocycles. The number of imidazole rings is 1. The molecule has 5 aliphatic heterocycles. The highest BCUT2D eigenvalue weighted by Gasteiger charge is 2.46. The Balaban J connectivity index is 0.817. The third kappa shape index (κ3) is 12.3. The first-order valence-corrected chi connectivity index (χ1v) is 33.9. The van der Waals surface area contributed by atoms with Crippen LogP contribution in [0.1, 0.15) is 132 Å². The number of aryl methyl sites for hydroxylation is 1. The van der Waals surface area contributed by atoms with Crippen LogP contribution in [0, 0.1) is 34.9 Å². The minimum absolute atomic E-state index is 0.000412. The molecular formula is C67H86F2N10O8Si. The van der Waals surface area contributed by atoms with Crippen LogP contribution in [0.4, 0.5) is 25.1 Å². The predicted molar refractivity (Wildman–Crippen MR) is 341 cm³/mol. The number of nitrogens with one attached hydrogen (secondary N) is 1. The van der Waals surface area contributed by atoms with Crippen molar-refractivity contribution >= 4 is 70.2 Å². The molecule has 3 unspecified atom stereocenters. The Labute approximate surface area is 515 Å². The Kier molecular flexibility index (Phi) is 18.0. The highest BCUT2D eigenvalue weighted by molar-refractivity contribution is 6.90. The number of anilines is 2. The molecule has 2 bridgehead atoms. The van der Waals surface area contributed by atoms with Gasteiger partial charge in [-0.1, -0.05) is 53.5 Å². The van der Waals surface area contributed by atoms with Crippen molar-refractivity contribution in [2.45, 2.75) is 160 Å². The molecule has 0 aliphatic carbocycles. The highest BCUT2D eigenvalue weighted by Crippen LogP contribution is 2.44. The second kappa shape index (κ2) is 25.4. The fourth-order valence-electron chi connectivity index (χ4n) is 15.1. The van der Waals surface area contributed by atoms with Crippen molar-refractivity contribution in [2.75, 3.05) is 76.1 Å². The zero-order valence-electron chi connectivity index (χ0n) is 53.0. The van der Waals surface area contributed by atoms with E-state index in [1.807, 2.05) is 43.9 Å². The minimum atomic E-state index is -2.35. The van der Waals surface area contributed by atoms with E-state index in [4.69, 9.17) is 33.9 Å². The van der Waals surface area contributed by atoms with E-state index in [0.29, 0.717) is 93.3 Å². The number of rotatable bonds is 16. The summed E-state index contributed by atoms with van der Waals surface area (Å²) >= 11 is 0. The van der Waals surface area contributed by atoms with Crippen molar-refractivity contribution < 1.29 is 42.1 Å². The van der Waals surface area contributed by atoms with Crippen molar-refractivity contribution in [2.24, 2.45) is 18.9 Å². The number of halogens is 2. The number of hydrogen-bond acceptors (Lipinski definition) is 14. The molecule has 8 heterocycles. The number of amides is 3. The summed E-state index contributed by atoms with van der Waals surface area (Å²) in [4.78, 5) is 75.1. The molecule has 0 radical (unpaired) electrons. The Morgan fingerprint density at radius 2 is 1.50 bits per heavy atom. The Bertz CT molecular complexity index is 3720. The number of piperazine rings is 1. The highest BCUT2D eigenvalue weighted by atomic mass is 28.3. The SMILES string of the molecule is COCOc1cc(-c2ncc3c(N4CC5CCC(C4)N5C(=O)OC(C)(C)C)nc(OCCN4CCC(CC5CCN(c6ccc7c(c6)n(C)c(=O)n7C6CCC(=O)NC6=O)CC5)CC4)nc3c2F)c2c(C#C[Si](C(C)C)(C(C)C)C(C)C)c(F)ccc2c1. The van der Waals surface area contributed by atoms with Gasteiger partial charge in [-0.2, -0.15) is 9.97 Å². The lowest BCUT2D eigenvalue weighted by atomic mass is 9.82. The Hall–Kier alpha value is -7.15. The van der Waals surface area contributed by atoms with Crippen molar-refractivity contribution in [3.63, 3.8) is 0 Å². The number of pyridine rings is 1. The fourth-order valence-corrected chi connectivity index (χ4v) is 20.3. The summed E-state index contributed by atoms with van der Waals surface area (Å²) in [5.74, 6) is 3.43. The van der Waals surface area contributed by atoms with Crippen LogP contribution >= 0.6 is 0 Å². The number of hydrogen-bond donors (Lipinski definition) is 1. The molecule has 5 saturated heterocycles. The summed E-state index contributed by atoms with van der Waals surface area (Å²) in [7, 11) is 0.898. The van der Waals surface area contributed by atoms with Crippen LogP contribution in [0.25, 0.3) is 44.0 Å². The van der Waals surface area contributed by atoms with Crippen LogP contribution in [0.3, 0.4) is 0 Å². The summed E-state index contributed by atoms with van der Waals surface area (Å²) in [6.07, 6.45) is 8.76. The van der Waals surface area contributed by atoms with E-state index in [9.17, 15) is 19.2 Å². The summed E-state index contributed by atoms with van der Waals surface area (Å²) < 4.78 is 61.5. The lowest BCUT2D eigenvalue weighted by Gasteiger charge is -2.42. The average Bonchev–Trinajstić information content (AvgIpc) is 1.21. The van der Waals surface area contributed by atoms with E-state index in [0.717, 1.165) is 75.9 Å². The third-order valence-corrected chi connectivity index (χ3v) is 25.8. The van der Waals surface area contributed by atoms with Gasteiger partial charge in [-0.3, -0.25) is 38.8 Å². The molecule has 3 atom stereocenters. The van der Waals surface area contributed by atoms with E-state index in [-0.39, 0.29) is 72.4 Å². The van der Waals surface area contributed by atoms with Gasteiger partial charge < -0.3 is 28.7 Å². The number of benzene rings is 3. The zero-order chi connectivity index (χ0) is 62.5. The van der Waals surface area contributed by atoms with Crippen LogP contribution in [-0.2, 0) is 26.1 Å². The van der Waals surface area contributed by atoms with Crippen LogP contribution in [0.15, 0.2) is 53.5 Å². The van der Waals surface area contributed by atoms with Gasteiger partial charge in [0.15, 0.2) is 12.6 Å². The van der Waals surface area contributed by atoms with E-state index >= 15 is 8.78 Å². The van der Waals surface area contributed by atoms with Gasteiger partial charge in [0.25, 0.3) is 0 Å². The fraction of sp³-hybridized carbons (Fsp3) is 0.567. The number of methoxy groups -OCH3 is 1. The minimum Gasteiger partial charge on any atom is -0.468 e. The summed E-state index contributed by atoms with van der Waals surface area (Å²) in [5, 5.41) is 3.78. The molecule has 5 aliphatic rings. The molecular weight excluding hydrogens is 1140 g/mol. The topological polar surface area (TPSA) is 179 Å². The molecule has 88 heavy (non-hydrogen) atoms. The van der Waals surface area contributed by atoms with Crippen LogP contribution < -0.4 is 30.3 Å². The van der Waals surface area contributed by atoms with Gasteiger partial charge >= 0.3 is 17.8 Å². The third-order valence-electron chi connectivity index (χ3n) is 19.5. The molecule has 5 fully saturated rings. The number of ether oxygens (including phenoxy) is 4. The maximum atomic E-state index is 18.2. The quantitative estimate of drug-likeness (QED) is 0.0419. The maximum Gasteiger partial charge on any atom is 0.410 e. The van der Waals surface area contributed by atoms with Crippen molar-refractivity contribution in [1.29, 1.82) is 0 Å². The second-order valence-corrected chi connectivity index (χ2v) is 32.6. The molecule has 1 N–H and O–H groups in total. The number of nitrogens with zero attached hydrogens (tertiary/aromatic N) is 9. The first kappa shape index (κ1) is 62.5. The number of carbonyl (C=O) groups is 3. The standard InChI is InChI=1S/C67H86F2N10O8Si/c1-40(2)88(41(3)4,42(5)6)31-24-50-53(68)16-12-45-33-49(86-39-84-11)35-51(58(45)50)60-59(69)61-52(36-70-60)62(77-37-47-13-14-48(38-77)78(47)66(83)87-67(7,8)9)73-64(72-61)85-30-29-75-25-20-43(21-26-75)32-44-22-27-76(28-23-44)46-15-17-54-56(34-46)74(10)65(82)79(54)55-18-19-57(80)71-63(55)81/h12,15-17,33-36,40-44,47-48,55H,13-14,18-23,25-30,32,37-39H2,1-11H3,(H,71,80,81). The molecule has 21 heteroatoms. The molecule has 3 aromatic heterocycles. The van der Waals surface area contributed by atoms with Gasteiger partial charge in [-0.15, -0.1) is 5.54 Å². The maximum absolute atomic E-state index is 18.2. The molecule has 6 aromatic rings. The monoisotopic (exact) mass is 1220 g/mol.